The number of nitrogens with one attached hydrogen (secondary N) is 2. The van der Waals surface area contributed by atoms with Crippen LogP contribution in [0.1, 0.15) is 86.9 Å². The molecule has 2 aromatic rings. The molecule has 1 heterocycles. The molecule has 3 rings (SSSR count). The summed E-state index contributed by atoms with van der Waals surface area (Å²) in [6.07, 6.45) is 2.93. The van der Waals surface area contributed by atoms with Gasteiger partial charge in [-0.2, -0.15) is 0 Å². The molecule has 1 aliphatic carbocycles. The number of ether oxygens (including phenoxy) is 1. The van der Waals surface area contributed by atoms with Crippen LogP contribution in [0.3, 0.4) is 0 Å². The molecule has 2 N–H and O–H groups in total. The average molecular weight is 486 g/mol. The fourth-order valence-electron chi connectivity index (χ4n) is 6.74. The van der Waals surface area contributed by atoms with Gasteiger partial charge in [0.25, 0.3) is 0 Å². The van der Waals surface area contributed by atoms with E-state index in [1.807, 2.05) is 20.8 Å². The van der Waals surface area contributed by atoms with Gasteiger partial charge in [-0.25, -0.2) is 4.79 Å². The van der Waals surface area contributed by atoms with Crippen LogP contribution < -0.4 is 10.6 Å². The van der Waals surface area contributed by atoms with Crippen molar-refractivity contribution in [3.05, 3.63) is 29.5 Å². The normalized spacial score (nSPS) is 17.0. The van der Waals surface area contributed by atoms with Crippen LogP contribution >= 0.6 is 0 Å². The van der Waals surface area contributed by atoms with Crippen LogP contribution in [0.2, 0.25) is 16.6 Å². The lowest BCUT2D eigenvalue weighted by Gasteiger charge is -2.46. The molecule has 34 heavy (non-hydrogen) atoms. The highest BCUT2D eigenvalue weighted by Crippen LogP contribution is 2.47. The number of amides is 1. The van der Waals surface area contributed by atoms with Gasteiger partial charge >= 0.3 is 6.09 Å². The number of nitrogens with zero attached hydrogens (tertiary/aromatic N) is 1. The minimum atomic E-state index is -1.93. The lowest BCUT2D eigenvalue weighted by atomic mass is 9.91. The molecule has 0 saturated carbocycles. The van der Waals surface area contributed by atoms with Crippen molar-refractivity contribution < 1.29 is 9.53 Å². The molecule has 1 aromatic heterocycles. The van der Waals surface area contributed by atoms with Crippen molar-refractivity contribution in [2.75, 3.05) is 11.9 Å². The SMILES string of the molecule is CCNC1CCc2c(c3cc(NC(=O)OC(C)(C)C)ccc3n2[Si](C(C)C)(C(C)C)C(C)C)C1. The first-order valence-electron chi connectivity index (χ1n) is 13.2. The van der Waals surface area contributed by atoms with Gasteiger partial charge in [0, 0.05) is 28.3 Å². The third kappa shape index (κ3) is 4.94. The summed E-state index contributed by atoms with van der Waals surface area (Å²) in [6, 6.07) is 6.99. The maximum absolute atomic E-state index is 12.5. The van der Waals surface area contributed by atoms with Gasteiger partial charge in [0.1, 0.15) is 5.60 Å². The second-order valence-electron chi connectivity index (χ2n) is 12.0. The molecule has 190 valence electrons. The molecular formula is C28H47N3O2Si. The van der Waals surface area contributed by atoms with Gasteiger partial charge in [-0.05, 0) is 87.0 Å². The zero-order valence-electron chi connectivity index (χ0n) is 23.1. The molecule has 1 aliphatic rings. The first-order valence-corrected chi connectivity index (χ1v) is 15.4. The van der Waals surface area contributed by atoms with Crippen LogP contribution in [0.15, 0.2) is 18.2 Å². The second-order valence-corrected chi connectivity index (χ2v) is 17.7. The summed E-state index contributed by atoms with van der Waals surface area (Å²) in [7, 11) is -1.93. The molecule has 0 saturated heterocycles. The van der Waals surface area contributed by atoms with Gasteiger partial charge < -0.3 is 14.3 Å². The van der Waals surface area contributed by atoms with E-state index in [1.54, 1.807) is 5.69 Å². The first-order chi connectivity index (χ1) is 15.8. The summed E-state index contributed by atoms with van der Waals surface area (Å²) in [6.45, 7) is 23.5. The Hall–Kier alpha value is -1.79. The fourth-order valence-corrected chi connectivity index (χ4v) is 13.6. The van der Waals surface area contributed by atoms with E-state index >= 15 is 0 Å². The van der Waals surface area contributed by atoms with Crippen LogP contribution in [0, 0.1) is 0 Å². The zero-order valence-corrected chi connectivity index (χ0v) is 24.1. The Morgan fingerprint density at radius 2 is 1.74 bits per heavy atom. The van der Waals surface area contributed by atoms with Crippen LogP contribution in [0.5, 0.6) is 0 Å². The average Bonchev–Trinajstić information content (AvgIpc) is 3.00. The zero-order chi connectivity index (χ0) is 25.4. The molecular weight excluding hydrogens is 438 g/mol. The van der Waals surface area contributed by atoms with Gasteiger partial charge in [-0.1, -0.05) is 48.5 Å². The topological polar surface area (TPSA) is 55.3 Å². The molecule has 0 aliphatic heterocycles. The maximum atomic E-state index is 12.5. The minimum absolute atomic E-state index is 0.402. The van der Waals surface area contributed by atoms with E-state index in [0.717, 1.165) is 25.1 Å². The Morgan fingerprint density at radius 3 is 2.26 bits per heavy atom. The molecule has 1 amide bonds. The summed E-state index contributed by atoms with van der Waals surface area (Å²) in [4.78, 5) is 12.5. The standard InChI is InChI=1S/C28H47N3O2Si/c1-11-29-21-12-14-25-23(16-21)24-17-22(30-27(32)33-28(8,9)10)13-15-26(24)31(25)34(18(2)3,19(4)5)20(6)7/h13,15,17-21,29H,11-12,14,16H2,1-10H3,(H,30,32). The fraction of sp³-hybridized carbons (Fsp3) is 0.679. The largest absolute Gasteiger partial charge is 0.444 e. The van der Waals surface area contributed by atoms with E-state index in [2.05, 4.69) is 81.5 Å². The van der Waals surface area contributed by atoms with Crippen molar-refractivity contribution in [1.29, 1.82) is 0 Å². The smallest absolute Gasteiger partial charge is 0.412 e. The lowest BCUT2D eigenvalue weighted by molar-refractivity contribution is 0.0636. The quantitative estimate of drug-likeness (QED) is 0.400. The number of fused-ring (bicyclic) bond motifs is 3. The van der Waals surface area contributed by atoms with Gasteiger partial charge in [0.2, 0.25) is 0 Å². The molecule has 0 bridgehead atoms. The molecule has 6 heteroatoms. The van der Waals surface area contributed by atoms with Crippen molar-refractivity contribution in [1.82, 2.24) is 9.55 Å². The highest BCUT2D eigenvalue weighted by molar-refractivity contribution is 6.82. The molecule has 1 aromatic carbocycles. The van der Waals surface area contributed by atoms with Crippen molar-refractivity contribution in [3.63, 3.8) is 0 Å². The van der Waals surface area contributed by atoms with E-state index in [4.69, 9.17) is 4.74 Å². The van der Waals surface area contributed by atoms with E-state index in [-0.39, 0.29) is 0 Å². The van der Waals surface area contributed by atoms with Crippen LogP contribution in [0.25, 0.3) is 10.9 Å². The van der Waals surface area contributed by atoms with Gasteiger partial charge in [0.15, 0.2) is 8.24 Å². The molecule has 1 atom stereocenters. The molecule has 1 unspecified atom stereocenters. The first kappa shape index (κ1) is 26.8. The highest BCUT2D eigenvalue weighted by Gasteiger charge is 2.47. The number of carbonyl (C=O) groups is 1. The van der Waals surface area contributed by atoms with E-state index in [9.17, 15) is 4.79 Å². The van der Waals surface area contributed by atoms with Crippen molar-refractivity contribution in [2.45, 2.75) is 117 Å². The van der Waals surface area contributed by atoms with Crippen LogP contribution in [-0.4, -0.2) is 36.7 Å². The van der Waals surface area contributed by atoms with Gasteiger partial charge in [-0.3, -0.25) is 5.32 Å². The Morgan fingerprint density at radius 1 is 1.12 bits per heavy atom. The molecule has 0 spiro atoms. The van der Waals surface area contributed by atoms with E-state index < -0.39 is 19.9 Å². The van der Waals surface area contributed by atoms with Crippen molar-refractivity contribution >= 4 is 30.9 Å². The predicted octanol–water partition coefficient (Wildman–Crippen LogP) is 7.48. The number of carbonyl (C=O) groups excluding carboxylic acids is 1. The van der Waals surface area contributed by atoms with Gasteiger partial charge in [0.05, 0.1) is 0 Å². The monoisotopic (exact) mass is 485 g/mol. The Kier molecular flexibility index (Phi) is 7.93. The number of rotatable bonds is 7. The minimum Gasteiger partial charge on any atom is -0.444 e. The van der Waals surface area contributed by atoms with Crippen LogP contribution in [-0.2, 0) is 17.6 Å². The second kappa shape index (κ2) is 10.1. The predicted molar refractivity (Wildman–Crippen MR) is 148 cm³/mol. The summed E-state index contributed by atoms with van der Waals surface area (Å²) >= 11 is 0. The van der Waals surface area contributed by atoms with Crippen LogP contribution in [0.4, 0.5) is 10.5 Å². The van der Waals surface area contributed by atoms with Crippen molar-refractivity contribution in [3.8, 4) is 0 Å². The Bertz CT molecular complexity index is 995. The number of aromatic nitrogens is 1. The van der Waals surface area contributed by atoms with E-state index in [1.165, 1.54) is 22.9 Å². The number of likely N-dealkylation sites (N-methyl/N-ethyl adjacent to an activating group) is 1. The molecule has 5 nitrogen and oxygen atoms in total. The summed E-state index contributed by atoms with van der Waals surface area (Å²) in [5.41, 5.74) is 6.51. The number of anilines is 1. The summed E-state index contributed by atoms with van der Waals surface area (Å²) < 4.78 is 8.36. The third-order valence-electron chi connectivity index (χ3n) is 7.66. The summed E-state index contributed by atoms with van der Waals surface area (Å²) in [5.74, 6) is 0. The highest BCUT2D eigenvalue weighted by atomic mass is 28.3. The van der Waals surface area contributed by atoms with E-state index in [0.29, 0.717) is 22.7 Å². The number of hydrogen-bond acceptors (Lipinski definition) is 3. The van der Waals surface area contributed by atoms with Gasteiger partial charge in [-0.15, -0.1) is 0 Å². The third-order valence-corrected chi connectivity index (χ3v) is 14.5. The summed E-state index contributed by atoms with van der Waals surface area (Å²) in [5, 5.41) is 7.96. The number of benzene rings is 1. The maximum Gasteiger partial charge on any atom is 0.412 e. The number of hydrogen-bond donors (Lipinski definition) is 2. The molecule has 0 radical (unpaired) electrons. The van der Waals surface area contributed by atoms with Crippen molar-refractivity contribution in [2.24, 2.45) is 0 Å². The lowest BCUT2D eigenvalue weighted by Crippen LogP contribution is -2.53. The Balaban J connectivity index is 2.21. The Labute approximate surface area is 208 Å². The molecule has 0 fully saturated rings.